The first kappa shape index (κ1) is 17.9. The highest BCUT2D eigenvalue weighted by atomic mass is 32.1. The maximum atomic E-state index is 5.32. The standard InChI is InChI=1S/C18H22N2O3S/c1-21-15-7-4-13(5-8-15)10-11-19-18(24)20-14-6-9-16(22-2)17(12-14)23-3/h4-9,12H,10-11H2,1-3H3,(H2,19,20,24). The second-order valence-corrected chi connectivity index (χ2v) is 5.46. The monoisotopic (exact) mass is 346 g/mol. The van der Waals surface area contributed by atoms with Gasteiger partial charge in [-0.25, -0.2) is 0 Å². The highest BCUT2D eigenvalue weighted by Gasteiger charge is 2.05. The second kappa shape index (κ2) is 8.98. The van der Waals surface area contributed by atoms with Gasteiger partial charge in [0.15, 0.2) is 16.6 Å². The van der Waals surface area contributed by atoms with Gasteiger partial charge in [-0.3, -0.25) is 0 Å². The molecule has 0 amide bonds. The van der Waals surface area contributed by atoms with E-state index in [4.69, 9.17) is 26.4 Å². The quantitative estimate of drug-likeness (QED) is 0.751. The average molecular weight is 346 g/mol. The summed E-state index contributed by atoms with van der Waals surface area (Å²) in [5, 5.41) is 6.89. The first-order valence-electron chi connectivity index (χ1n) is 7.56. The van der Waals surface area contributed by atoms with E-state index in [-0.39, 0.29) is 0 Å². The number of nitrogens with one attached hydrogen (secondary N) is 2. The van der Waals surface area contributed by atoms with Crippen molar-refractivity contribution in [1.29, 1.82) is 0 Å². The Morgan fingerprint density at radius 3 is 2.25 bits per heavy atom. The van der Waals surface area contributed by atoms with E-state index in [1.165, 1.54) is 5.56 Å². The number of hydrogen-bond donors (Lipinski definition) is 2. The SMILES string of the molecule is COc1ccc(CCNC(=S)Nc2ccc(OC)c(OC)c2)cc1. The molecule has 0 saturated heterocycles. The molecule has 6 heteroatoms. The van der Waals surface area contributed by atoms with Crippen molar-refractivity contribution in [2.24, 2.45) is 0 Å². The molecule has 0 fully saturated rings. The molecule has 24 heavy (non-hydrogen) atoms. The number of methoxy groups -OCH3 is 3. The minimum atomic E-state index is 0.565. The first-order chi connectivity index (χ1) is 11.7. The third-order valence-corrected chi connectivity index (χ3v) is 3.75. The largest absolute Gasteiger partial charge is 0.497 e. The van der Waals surface area contributed by atoms with Gasteiger partial charge in [0.25, 0.3) is 0 Å². The Morgan fingerprint density at radius 1 is 0.917 bits per heavy atom. The van der Waals surface area contributed by atoms with Gasteiger partial charge in [0.2, 0.25) is 0 Å². The van der Waals surface area contributed by atoms with Crippen LogP contribution in [0.5, 0.6) is 17.2 Å². The van der Waals surface area contributed by atoms with Crippen molar-refractivity contribution in [3.63, 3.8) is 0 Å². The van der Waals surface area contributed by atoms with Crippen molar-refractivity contribution in [2.45, 2.75) is 6.42 Å². The third kappa shape index (κ3) is 5.03. The molecule has 128 valence electrons. The molecule has 0 bridgehead atoms. The Morgan fingerprint density at radius 2 is 1.62 bits per heavy atom. The molecule has 0 aliphatic rings. The average Bonchev–Trinajstić information content (AvgIpc) is 2.62. The molecule has 0 spiro atoms. The number of anilines is 1. The highest BCUT2D eigenvalue weighted by molar-refractivity contribution is 7.80. The number of thiocarbonyl (C=S) groups is 1. The summed E-state index contributed by atoms with van der Waals surface area (Å²) in [6.07, 6.45) is 0.873. The molecule has 0 atom stereocenters. The van der Waals surface area contributed by atoms with E-state index in [1.807, 2.05) is 42.5 Å². The molecule has 2 aromatic carbocycles. The lowest BCUT2D eigenvalue weighted by atomic mass is 10.1. The fourth-order valence-electron chi connectivity index (χ4n) is 2.20. The predicted octanol–water partition coefficient (Wildman–Crippen LogP) is 3.24. The zero-order valence-corrected chi connectivity index (χ0v) is 14.9. The molecule has 2 rings (SSSR count). The van der Waals surface area contributed by atoms with Gasteiger partial charge in [-0.15, -0.1) is 0 Å². The first-order valence-corrected chi connectivity index (χ1v) is 7.97. The zero-order chi connectivity index (χ0) is 17.4. The van der Waals surface area contributed by atoms with Crippen LogP contribution in [-0.2, 0) is 6.42 Å². The Labute approximate surface area is 147 Å². The van der Waals surface area contributed by atoms with Crippen LogP contribution in [0.25, 0.3) is 0 Å². The van der Waals surface area contributed by atoms with Crippen LogP contribution in [-0.4, -0.2) is 33.0 Å². The summed E-state index contributed by atoms with van der Waals surface area (Å²) in [5.41, 5.74) is 2.06. The summed E-state index contributed by atoms with van der Waals surface area (Å²) in [5.74, 6) is 2.20. The van der Waals surface area contributed by atoms with Crippen molar-refractivity contribution in [1.82, 2.24) is 5.32 Å². The Hall–Kier alpha value is -2.47. The van der Waals surface area contributed by atoms with Crippen molar-refractivity contribution in [3.05, 3.63) is 48.0 Å². The van der Waals surface area contributed by atoms with Crippen LogP contribution in [0.15, 0.2) is 42.5 Å². The van der Waals surface area contributed by atoms with E-state index in [2.05, 4.69) is 10.6 Å². The molecule has 0 aliphatic carbocycles. The fourth-order valence-corrected chi connectivity index (χ4v) is 2.42. The molecular weight excluding hydrogens is 324 g/mol. The summed E-state index contributed by atoms with van der Waals surface area (Å²) in [6.45, 7) is 0.742. The van der Waals surface area contributed by atoms with Crippen LogP contribution in [0, 0.1) is 0 Å². The molecule has 0 aliphatic heterocycles. The molecule has 0 radical (unpaired) electrons. The summed E-state index contributed by atoms with van der Waals surface area (Å²) in [4.78, 5) is 0. The van der Waals surface area contributed by atoms with E-state index >= 15 is 0 Å². The van der Waals surface area contributed by atoms with Crippen molar-refractivity contribution in [3.8, 4) is 17.2 Å². The molecular formula is C18H22N2O3S. The summed E-state index contributed by atoms with van der Waals surface area (Å²) < 4.78 is 15.6. The van der Waals surface area contributed by atoms with Gasteiger partial charge < -0.3 is 24.8 Å². The van der Waals surface area contributed by atoms with Crippen LogP contribution in [0.1, 0.15) is 5.56 Å². The number of rotatable bonds is 7. The van der Waals surface area contributed by atoms with Gasteiger partial charge in [0.05, 0.1) is 21.3 Å². The van der Waals surface area contributed by atoms with Gasteiger partial charge >= 0.3 is 0 Å². The van der Waals surface area contributed by atoms with Gasteiger partial charge in [-0.05, 0) is 48.5 Å². The summed E-state index contributed by atoms with van der Waals surface area (Å²) >= 11 is 5.32. The maximum absolute atomic E-state index is 5.32. The van der Waals surface area contributed by atoms with Gasteiger partial charge in [0.1, 0.15) is 5.75 Å². The van der Waals surface area contributed by atoms with Gasteiger partial charge in [-0.1, -0.05) is 12.1 Å². The van der Waals surface area contributed by atoms with Gasteiger partial charge in [0, 0.05) is 18.3 Å². The molecule has 0 heterocycles. The molecule has 2 aromatic rings. The molecule has 5 nitrogen and oxygen atoms in total. The van der Waals surface area contributed by atoms with Crippen LogP contribution in [0.3, 0.4) is 0 Å². The van der Waals surface area contributed by atoms with Crippen LogP contribution in [0.2, 0.25) is 0 Å². The van der Waals surface area contributed by atoms with Crippen LogP contribution in [0.4, 0.5) is 5.69 Å². The summed E-state index contributed by atoms with van der Waals surface area (Å²) in [6, 6.07) is 13.6. The Bertz CT molecular complexity index is 674. The molecule has 0 saturated carbocycles. The molecule has 2 N–H and O–H groups in total. The Balaban J connectivity index is 1.82. The number of hydrogen-bond acceptors (Lipinski definition) is 4. The van der Waals surface area contributed by atoms with Crippen molar-refractivity contribution < 1.29 is 14.2 Å². The van der Waals surface area contributed by atoms with Crippen molar-refractivity contribution in [2.75, 3.05) is 33.2 Å². The van der Waals surface area contributed by atoms with Gasteiger partial charge in [-0.2, -0.15) is 0 Å². The lowest BCUT2D eigenvalue weighted by Gasteiger charge is -2.13. The maximum Gasteiger partial charge on any atom is 0.170 e. The van der Waals surface area contributed by atoms with E-state index in [9.17, 15) is 0 Å². The Kier molecular flexibility index (Phi) is 6.69. The molecule has 0 aromatic heterocycles. The number of benzene rings is 2. The smallest absolute Gasteiger partial charge is 0.170 e. The van der Waals surface area contributed by atoms with E-state index in [1.54, 1.807) is 21.3 Å². The van der Waals surface area contributed by atoms with Crippen LogP contribution >= 0.6 is 12.2 Å². The fraction of sp³-hybridized carbons (Fsp3) is 0.278. The highest BCUT2D eigenvalue weighted by Crippen LogP contribution is 2.29. The second-order valence-electron chi connectivity index (χ2n) is 5.05. The molecule has 0 unspecified atom stereocenters. The normalized spacial score (nSPS) is 9.96. The summed E-state index contributed by atoms with van der Waals surface area (Å²) in [7, 11) is 4.87. The minimum absolute atomic E-state index is 0.565. The predicted molar refractivity (Wildman–Crippen MR) is 100 cm³/mol. The number of ether oxygens (including phenoxy) is 3. The minimum Gasteiger partial charge on any atom is -0.497 e. The lowest BCUT2D eigenvalue weighted by Crippen LogP contribution is -2.30. The lowest BCUT2D eigenvalue weighted by molar-refractivity contribution is 0.355. The van der Waals surface area contributed by atoms with E-state index in [0.29, 0.717) is 16.6 Å². The van der Waals surface area contributed by atoms with Crippen molar-refractivity contribution >= 4 is 23.0 Å². The van der Waals surface area contributed by atoms with E-state index in [0.717, 1.165) is 24.4 Å². The van der Waals surface area contributed by atoms with Crippen LogP contribution < -0.4 is 24.8 Å². The topological polar surface area (TPSA) is 51.8 Å². The van der Waals surface area contributed by atoms with E-state index < -0.39 is 0 Å². The third-order valence-electron chi connectivity index (χ3n) is 3.50. The zero-order valence-electron chi connectivity index (χ0n) is 14.1.